The van der Waals surface area contributed by atoms with E-state index in [0.29, 0.717) is 16.9 Å². The molecule has 0 saturated carbocycles. The van der Waals surface area contributed by atoms with Gasteiger partial charge in [-0.1, -0.05) is 35.9 Å². The molecule has 0 unspecified atom stereocenters. The molecule has 4 heteroatoms. The van der Waals surface area contributed by atoms with Crippen LogP contribution < -0.4 is 0 Å². The number of para-hydroxylation sites is 1. The molecule has 0 saturated heterocycles. The number of nitrogens with zero attached hydrogens (tertiary/aromatic N) is 2. The fourth-order valence-electron chi connectivity index (χ4n) is 1.96. The molecule has 96 valence electrons. The summed E-state index contributed by atoms with van der Waals surface area (Å²) >= 11 is 6.31. The number of benzene rings is 1. The summed E-state index contributed by atoms with van der Waals surface area (Å²) < 4.78 is 5.67. The van der Waals surface area contributed by atoms with Gasteiger partial charge in [0.05, 0.1) is 5.57 Å². The number of pyridine rings is 1. The van der Waals surface area contributed by atoms with Crippen LogP contribution >= 0.6 is 11.6 Å². The van der Waals surface area contributed by atoms with Crippen LogP contribution in [0.3, 0.4) is 0 Å². The maximum atomic E-state index is 9.32. The van der Waals surface area contributed by atoms with Crippen LogP contribution in [0.25, 0.3) is 21.6 Å². The molecule has 0 fully saturated rings. The summed E-state index contributed by atoms with van der Waals surface area (Å²) in [7, 11) is 0. The number of hydrogen-bond donors (Lipinski definition) is 0. The van der Waals surface area contributed by atoms with Crippen molar-refractivity contribution in [1.29, 1.82) is 5.26 Å². The van der Waals surface area contributed by atoms with Gasteiger partial charge in [-0.2, -0.15) is 5.26 Å². The molecule has 0 aliphatic carbocycles. The van der Waals surface area contributed by atoms with Crippen LogP contribution in [-0.2, 0) is 0 Å². The second-order valence-corrected chi connectivity index (χ2v) is 4.57. The fraction of sp³-hybridized carbons (Fsp3) is 0. The number of halogens is 1. The molecule has 3 rings (SSSR count). The van der Waals surface area contributed by atoms with E-state index in [9.17, 15) is 5.26 Å². The molecule has 1 aromatic carbocycles. The molecular formula is C16H9ClN2O. The van der Waals surface area contributed by atoms with Crippen molar-refractivity contribution < 1.29 is 4.42 Å². The highest BCUT2D eigenvalue weighted by Crippen LogP contribution is 2.32. The maximum Gasteiger partial charge on any atom is 0.148 e. The Balaban J connectivity index is 2.16. The van der Waals surface area contributed by atoms with Gasteiger partial charge in [0.25, 0.3) is 0 Å². The van der Waals surface area contributed by atoms with Gasteiger partial charge in [0.1, 0.15) is 22.4 Å². The Labute approximate surface area is 120 Å². The van der Waals surface area contributed by atoms with Gasteiger partial charge in [-0.15, -0.1) is 0 Å². The van der Waals surface area contributed by atoms with Gasteiger partial charge >= 0.3 is 0 Å². The Bertz CT molecular complexity index is 795. The monoisotopic (exact) mass is 280 g/mol. The van der Waals surface area contributed by atoms with Crippen LogP contribution in [0.5, 0.6) is 0 Å². The summed E-state index contributed by atoms with van der Waals surface area (Å²) in [6.45, 7) is 0. The highest BCUT2D eigenvalue weighted by atomic mass is 35.5. The van der Waals surface area contributed by atoms with Gasteiger partial charge in [0, 0.05) is 23.3 Å². The lowest BCUT2D eigenvalue weighted by Crippen LogP contribution is -1.85. The summed E-state index contributed by atoms with van der Waals surface area (Å²) in [6, 6.07) is 15.1. The average molecular weight is 281 g/mol. The van der Waals surface area contributed by atoms with Crippen LogP contribution in [0.2, 0.25) is 0 Å². The van der Waals surface area contributed by atoms with Crippen molar-refractivity contribution in [1.82, 2.24) is 4.98 Å². The van der Waals surface area contributed by atoms with E-state index in [0.717, 1.165) is 11.0 Å². The third kappa shape index (κ3) is 2.18. The van der Waals surface area contributed by atoms with Gasteiger partial charge in [-0.05, 0) is 18.2 Å². The minimum Gasteiger partial charge on any atom is -0.455 e. The van der Waals surface area contributed by atoms with Crippen LogP contribution in [-0.4, -0.2) is 4.98 Å². The molecular weight excluding hydrogens is 272 g/mol. The summed E-state index contributed by atoms with van der Waals surface area (Å²) in [5.74, 6) is 0.480. The quantitative estimate of drug-likeness (QED) is 0.651. The number of fused-ring (bicyclic) bond motifs is 1. The van der Waals surface area contributed by atoms with E-state index in [4.69, 9.17) is 16.0 Å². The number of aromatic nitrogens is 1. The van der Waals surface area contributed by atoms with Crippen molar-refractivity contribution in [2.75, 3.05) is 0 Å². The van der Waals surface area contributed by atoms with E-state index in [2.05, 4.69) is 11.1 Å². The first-order valence-electron chi connectivity index (χ1n) is 5.99. The third-order valence-electron chi connectivity index (χ3n) is 2.92. The highest BCUT2D eigenvalue weighted by Gasteiger charge is 2.13. The third-order valence-corrected chi connectivity index (χ3v) is 3.30. The van der Waals surface area contributed by atoms with Crippen molar-refractivity contribution in [3.05, 3.63) is 66.2 Å². The van der Waals surface area contributed by atoms with E-state index < -0.39 is 0 Å². The average Bonchev–Trinajstić information content (AvgIpc) is 2.93. The van der Waals surface area contributed by atoms with E-state index in [1.54, 1.807) is 24.5 Å². The standard InChI is InChI=1S/C16H9ClN2O/c17-16(13(9-18)12-5-3-7-19-10-12)15-8-11-4-1-2-6-14(11)20-15/h1-8,10H/b16-13-. The summed E-state index contributed by atoms with van der Waals surface area (Å²) in [5, 5.41) is 10.6. The molecule has 0 amide bonds. The number of furan rings is 1. The van der Waals surface area contributed by atoms with Gasteiger partial charge in [0.15, 0.2) is 0 Å². The number of nitriles is 1. The lowest BCUT2D eigenvalue weighted by molar-refractivity contribution is 0.603. The first-order valence-corrected chi connectivity index (χ1v) is 6.36. The predicted octanol–water partition coefficient (Wildman–Crippen LogP) is 4.46. The Hall–Kier alpha value is -2.57. The summed E-state index contributed by atoms with van der Waals surface area (Å²) in [5.41, 5.74) is 1.75. The first kappa shape index (κ1) is 12.5. The Morgan fingerprint density at radius 2 is 2.05 bits per heavy atom. The zero-order valence-electron chi connectivity index (χ0n) is 10.4. The Kier molecular flexibility index (Phi) is 3.24. The van der Waals surface area contributed by atoms with Crippen LogP contribution in [0, 0.1) is 11.3 Å². The summed E-state index contributed by atoms with van der Waals surface area (Å²) in [6.07, 6.45) is 3.25. The zero-order valence-corrected chi connectivity index (χ0v) is 11.1. The molecule has 2 aromatic heterocycles. The van der Waals surface area contributed by atoms with Crippen molar-refractivity contribution in [2.24, 2.45) is 0 Å². The van der Waals surface area contributed by atoms with E-state index in [-0.39, 0.29) is 5.03 Å². The maximum absolute atomic E-state index is 9.32. The second kappa shape index (κ2) is 5.20. The van der Waals surface area contributed by atoms with Crippen LogP contribution in [0.15, 0.2) is 59.3 Å². The van der Waals surface area contributed by atoms with Gasteiger partial charge < -0.3 is 4.42 Å². The fourth-order valence-corrected chi connectivity index (χ4v) is 2.21. The molecule has 0 spiro atoms. The molecule has 0 radical (unpaired) electrons. The van der Waals surface area contributed by atoms with E-state index in [1.165, 1.54) is 0 Å². The van der Waals surface area contributed by atoms with Crippen LogP contribution in [0.1, 0.15) is 11.3 Å². The van der Waals surface area contributed by atoms with Crippen LogP contribution in [0.4, 0.5) is 0 Å². The Morgan fingerprint density at radius 3 is 2.75 bits per heavy atom. The zero-order chi connectivity index (χ0) is 13.9. The highest BCUT2D eigenvalue weighted by molar-refractivity contribution is 6.53. The minimum absolute atomic E-state index is 0.289. The van der Waals surface area contributed by atoms with Gasteiger partial charge in [-0.3, -0.25) is 4.98 Å². The largest absolute Gasteiger partial charge is 0.455 e. The smallest absolute Gasteiger partial charge is 0.148 e. The van der Waals surface area contributed by atoms with Crippen molar-refractivity contribution in [3.63, 3.8) is 0 Å². The Morgan fingerprint density at radius 1 is 1.20 bits per heavy atom. The van der Waals surface area contributed by atoms with Crippen molar-refractivity contribution in [3.8, 4) is 6.07 Å². The molecule has 0 atom stereocenters. The molecule has 3 aromatic rings. The lowest BCUT2D eigenvalue weighted by atomic mass is 10.1. The van der Waals surface area contributed by atoms with Crippen molar-refractivity contribution in [2.45, 2.75) is 0 Å². The molecule has 0 N–H and O–H groups in total. The van der Waals surface area contributed by atoms with Gasteiger partial charge in [-0.25, -0.2) is 0 Å². The molecule has 0 bridgehead atoms. The number of allylic oxidation sites excluding steroid dienone is 1. The van der Waals surface area contributed by atoms with Crippen molar-refractivity contribution >= 4 is 33.2 Å². The summed E-state index contributed by atoms with van der Waals surface area (Å²) in [4.78, 5) is 4.00. The molecule has 3 nitrogen and oxygen atoms in total. The first-order chi connectivity index (χ1) is 9.79. The molecule has 2 heterocycles. The molecule has 20 heavy (non-hydrogen) atoms. The lowest BCUT2D eigenvalue weighted by Gasteiger charge is -2.00. The van der Waals surface area contributed by atoms with E-state index >= 15 is 0 Å². The topological polar surface area (TPSA) is 49.8 Å². The SMILES string of the molecule is N#C/C(=C(/Cl)c1cc2ccccc2o1)c1cccnc1. The minimum atomic E-state index is 0.289. The second-order valence-electron chi connectivity index (χ2n) is 4.19. The normalized spacial score (nSPS) is 12.0. The van der Waals surface area contributed by atoms with E-state index in [1.807, 2.05) is 30.3 Å². The molecule has 0 aliphatic heterocycles. The predicted molar refractivity (Wildman–Crippen MR) is 78.7 cm³/mol. The molecule has 0 aliphatic rings. The van der Waals surface area contributed by atoms with Gasteiger partial charge in [0.2, 0.25) is 0 Å². The number of rotatable bonds is 2. The number of hydrogen-bond acceptors (Lipinski definition) is 3.